The largest absolute Gasteiger partial charge is 0.497 e. The lowest BCUT2D eigenvalue weighted by Gasteiger charge is -2.18. The van der Waals surface area contributed by atoms with Crippen LogP contribution in [0.4, 0.5) is 0 Å². The van der Waals surface area contributed by atoms with Crippen molar-refractivity contribution in [1.29, 1.82) is 0 Å². The predicted molar refractivity (Wildman–Crippen MR) is 131 cm³/mol. The van der Waals surface area contributed by atoms with Crippen LogP contribution in [0.3, 0.4) is 0 Å². The molecule has 0 radical (unpaired) electrons. The summed E-state index contributed by atoms with van der Waals surface area (Å²) in [7, 11) is 6.71. The van der Waals surface area contributed by atoms with Gasteiger partial charge >= 0.3 is 0 Å². The summed E-state index contributed by atoms with van der Waals surface area (Å²) in [5, 5.41) is 6.59. The van der Waals surface area contributed by atoms with Crippen LogP contribution >= 0.6 is 24.0 Å². The third-order valence-corrected chi connectivity index (χ3v) is 4.33. The number of nitrogens with zero attached hydrogens (tertiary/aromatic N) is 1. The molecule has 1 atom stereocenters. The summed E-state index contributed by atoms with van der Waals surface area (Å²) in [5.41, 5.74) is 1.07. The Morgan fingerprint density at radius 1 is 0.933 bits per heavy atom. The van der Waals surface area contributed by atoms with Crippen LogP contribution in [0.25, 0.3) is 0 Å². The second-order valence-electron chi connectivity index (χ2n) is 6.42. The van der Waals surface area contributed by atoms with Gasteiger partial charge < -0.3 is 29.6 Å². The molecule has 8 heteroatoms. The second-order valence-corrected chi connectivity index (χ2v) is 6.42. The summed E-state index contributed by atoms with van der Waals surface area (Å²) in [6.45, 7) is 3.31. The Balaban J connectivity index is 0.00000450. The Kier molecular flexibility index (Phi) is 11.8. The van der Waals surface area contributed by atoms with Crippen molar-refractivity contribution in [3.63, 3.8) is 0 Å². The fourth-order valence-electron chi connectivity index (χ4n) is 2.80. The molecule has 2 aromatic carbocycles. The fraction of sp³-hybridized carbons (Fsp3) is 0.409. The van der Waals surface area contributed by atoms with Gasteiger partial charge in [-0.15, -0.1) is 24.0 Å². The molecule has 166 valence electrons. The lowest BCUT2D eigenvalue weighted by Crippen LogP contribution is -2.42. The van der Waals surface area contributed by atoms with Crippen LogP contribution < -0.4 is 29.6 Å². The monoisotopic (exact) mass is 529 g/mol. The Hall–Kier alpha value is -2.36. The summed E-state index contributed by atoms with van der Waals surface area (Å²) in [6.07, 6.45) is 0.732. The predicted octanol–water partition coefficient (Wildman–Crippen LogP) is 3.51. The smallest absolute Gasteiger partial charge is 0.191 e. The van der Waals surface area contributed by atoms with E-state index in [0.29, 0.717) is 19.0 Å². The number of guanidine groups is 1. The van der Waals surface area contributed by atoms with Crippen molar-refractivity contribution in [2.24, 2.45) is 4.99 Å². The Morgan fingerprint density at radius 3 is 2.30 bits per heavy atom. The van der Waals surface area contributed by atoms with Crippen molar-refractivity contribution in [2.75, 3.05) is 41.5 Å². The van der Waals surface area contributed by atoms with Gasteiger partial charge in [-0.3, -0.25) is 4.99 Å². The van der Waals surface area contributed by atoms with Gasteiger partial charge in [0.25, 0.3) is 0 Å². The molecule has 0 aliphatic heterocycles. The number of hydrogen-bond donors (Lipinski definition) is 2. The fourth-order valence-corrected chi connectivity index (χ4v) is 2.80. The normalized spacial score (nSPS) is 11.7. The molecule has 0 heterocycles. The van der Waals surface area contributed by atoms with Gasteiger partial charge in [0.2, 0.25) is 0 Å². The summed E-state index contributed by atoms with van der Waals surface area (Å²) in [6, 6.07) is 13.4. The van der Waals surface area contributed by atoms with E-state index >= 15 is 0 Å². The maximum Gasteiger partial charge on any atom is 0.191 e. The number of ether oxygens (including phenoxy) is 4. The maximum atomic E-state index is 5.93. The number of nitrogens with one attached hydrogen (secondary N) is 2. The first-order chi connectivity index (χ1) is 14.1. The van der Waals surface area contributed by atoms with Crippen molar-refractivity contribution < 1.29 is 18.9 Å². The number of hydrogen-bond acceptors (Lipinski definition) is 5. The van der Waals surface area contributed by atoms with Gasteiger partial charge in [0, 0.05) is 19.7 Å². The van der Waals surface area contributed by atoms with Crippen LogP contribution in [-0.4, -0.2) is 53.5 Å². The summed E-state index contributed by atoms with van der Waals surface area (Å²) >= 11 is 0. The first-order valence-electron chi connectivity index (χ1n) is 9.55. The number of benzene rings is 2. The molecule has 0 amide bonds. The minimum absolute atomic E-state index is 0. The van der Waals surface area contributed by atoms with E-state index in [1.165, 1.54) is 0 Å². The lowest BCUT2D eigenvalue weighted by atomic mass is 10.1. The minimum atomic E-state index is -0.0425. The summed E-state index contributed by atoms with van der Waals surface area (Å²) in [5.74, 6) is 3.91. The van der Waals surface area contributed by atoms with E-state index < -0.39 is 0 Å². The van der Waals surface area contributed by atoms with E-state index in [1.807, 2.05) is 49.4 Å². The number of methoxy groups -OCH3 is 3. The van der Waals surface area contributed by atoms with E-state index in [-0.39, 0.29) is 30.1 Å². The summed E-state index contributed by atoms with van der Waals surface area (Å²) < 4.78 is 21.9. The lowest BCUT2D eigenvalue weighted by molar-refractivity contribution is 0.223. The van der Waals surface area contributed by atoms with Crippen molar-refractivity contribution in [1.82, 2.24) is 10.6 Å². The molecule has 0 fully saturated rings. The highest BCUT2D eigenvalue weighted by molar-refractivity contribution is 14.0. The zero-order chi connectivity index (χ0) is 21.1. The number of rotatable bonds is 10. The molecule has 0 bridgehead atoms. The first-order valence-corrected chi connectivity index (χ1v) is 9.55. The average Bonchev–Trinajstić information content (AvgIpc) is 2.75. The van der Waals surface area contributed by atoms with E-state index in [4.69, 9.17) is 18.9 Å². The molecule has 2 aromatic rings. The molecule has 2 rings (SSSR count). The minimum Gasteiger partial charge on any atom is -0.497 e. The van der Waals surface area contributed by atoms with Gasteiger partial charge in [-0.05, 0) is 49.2 Å². The van der Waals surface area contributed by atoms with Gasteiger partial charge in [0.05, 0.1) is 27.9 Å². The van der Waals surface area contributed by atoms with Crippen LogP contribution in [0.1, 0.15) is 12.5 Å². The standard InChI is InChI=1S/C22H31N3O4.HI/c1-16(29-20-8-6-7-18(14-20)26-3)15-25-22(23-2)24-12-11-17-13-19(27-4)9-10-21(17)28-5;/h6-10,13-14,16H,11-12,15H2,1-5H3,(H2,23,24,25);1H. The Labute approximate surface area is 196 Å². The van der Waals surface area contributed by atoms with Crippen molar-refractivity contribution in [3.05, 3.63) is 48.0 Å². The molecular weight excluding hydrogens is 497 g/mol. The highest BCUT2D eigenvalue weighted by atomic mass is 127. The van der Waals surface area contributed by atoms with Crippen LogP contribution in [0.5, 0.6) is 23.0 Å². The molecule has 0 aliphatic carbocycles. The molecule has 7 nitrogen and oxygen atoms in total. The molecule has 0 saturated carbocycles. The molecule has 30 heavy (non-hydrogen) atoms. The molecule has 2 N–H and O–H groups in total. The number of aliphatic imine (C=N–C) groups is 1. The quantitative estimate of drug-likeness (QED) is 0.279. The molecular formula is C22H32IN3O4. The zero-order valence-electron chi connectivity index (χ0n) is 18.2. The van der Waals surface area contributed by atoms with Crippen molar-refractivity contribution in [3.8, 4) is 23.0 Å². The van der Waals surface area contributed by atoms with Crippen LogP contribution in [0.2, 0.25) is 0 Å². The topological polar surface area (TPSA) is 73.3 Å². The van der Waals surface area contributed by atoms with Crippen LogP contribution in [0, 0.1) is 0 Å². The van der Waals surface area contributed by atoms with E-state index in [9.17, 15) is 0 Å². The van der Waals surface area contributed by atoms with Gasteiger partial charge in [-0.1, -0.05) is 6.07 Å². The van der Waals surface area contributed by atoms with Crippen LogP contribution in [0.15, 0.2) is 47.5 Å². The zero-order valence-corrected chi connectivity index (χ0v) is 20.6. The number of halogens is 1. The Bertz CT molecular complexity index is 802. The first kappa shape index (κ1) is 25.7. The third-order valence-electron chi connectivity index (χ3n) is 4.33. The maximum absolute atomic E-state index is 5.93. The molecule has 1 unspecified atom stereocenters. The second kappa shape index (κ2) is 13.8. The highest BCUT2D eigenvalue weighted by Gasteiger charge is 2.08. The molecule has 0 saturated heterocycles. The van der Waals surface area contributed by atoms with Crippen LogP contribution in [-0.2, 0) is 6.42 Å². The van der Waals surface area contributed by atoms with Crippen molar-refractivity contribution >= 4 is 29.9 Å². The Morgan fingerprint density at radius 2 is 1.63 bits per heavy atom. The van der Waals surface area contributed by atoms with E-state index in [1.54, 1.807) is 28.4 Å². The van der Waals surface area contributed by atoms with Gasteiger partial charge in [-0.2, -0.15) is 0 Å². The van der Waals surface area contributed by atoms with Gasteiger partial charge in [0.15, 0.2) is 5.96 Å². The average molecular weight is 529 g/mol. The van der Waals surface area contributed by atoms with Crippen molar-refractivity contribution in [2.45, 2.75) is 19.4 Å². The van der Waals surface area contributed by atoms with Gasteiger partial charge in [-0.25, -0.2) is 0 Å². The van der Waals surface area contributed by atoms with Gasteiger partial charge in [0.1, 0.15) is 29.1 Å². The molecule has 0 aromatic heterocycles. The van der Waals surface area contributed by atoms with E-state index in [0.717, 1.165) is 35.0 Å². The molecule has 0 spiro atoms. The molecule has 0 aliphatic rings. The van der Waals surface area contributed by atoms with E-state index in [2.05, 4.69) is 15.6 Å². The SMILES string of the molecule is CN=C(NCCc1cc(OC)ccc1OC)NCC(C)Oc1cccc(OC)c1.I. The highest BCUT2D eigenvalue weighted by Crippen LogP contribution is 2.24. The summed E-state index contributed by atoms with van der Waals surface area (Å²) in [4.78, 5) is 4.26. The third kappa shape index (κ3) is 8.17.